The molecule has 1 aliphatic heterocycles. The second kappa shape index (κ2) is 6.07. The summed E-state index contributed by atoms with van der Waals surface area (Å²) in [5, 5.41) is 13.7. The van der Waals surface area contributed by atoms with E-state index >= 15 is 0 Å². The van der Waals surface area contributed by atoms with Crippen LogP contribution in [0.3, 0.4) is 0 Å². The number of carbonyl (C=O) groups is 1. The Bertz CT molecular complexity index is 1050. The van der Waals surface area contributed by atoms with Gasteiger partial charge in [0.15, 0.2) is 9.92 Å². The lowest BCUT2D eigenvalue weighted by Gasteiger charge is -2.19. The van der Waals surface area contributed by atoms with Gasteiger partial charge in [-0.05, 0) is 72.9 Å². The Kier molecular flexibility index (Phi) is 3.77. The van der Waals surface area contributed by atoms with Gasteiger partial charge < -0.3 is 10.4 Å². The number of nitrogens with zero attached hydrogens (tertiary/aromatic N) is 1. The predicted octanol–water partition coefficient (Wildman–Crippen LogP) is 2.54. The second-order valence-electron chi connectivity index (χ2n) is 7.31. The zero-order valence-corrected chi connectivity index (χ0v) is 15.6. The van der Waals surface area contributed by atoms with Crippen LogP contribution in [-0.4, -0.2) is 21.6 Å². The number of hydrogen-bond donors (Lipinski definition) is 3. The molecule has 7 heteroatoms. The van der Waals surface area contributed by atoms with E-state index in [4.69, 9.17) is 0 Å². The summed E-state index contributed by atoms with van der Waals surface area (Å²) in [7, 11) is -3.20. The van der Waals surface area contributed by atoms with E-state index in [0.717, 1.165) is 44.2 Å². The minimum Gasteiger partial charge on any atom is -0.355 e. The fourth-order valence-corrected chi connectivity index (χ4v) is 6.19. The van der Waals surface area contributed by atoms with E-state index in [1.54, 1.807) is 24.3 Å². The van der Waals surface area contributed by atoms with Gasteiger partial charge in [-0.15, -0.1) is 0 Å². The summed E-state index contributed by atoms with van der Waals surface area (Å²) < 4.78 is 19.7. The molecular weight excluding hydrogens is 362 g/mol. The van der Waals surface area contributed by atoms with Gasteiger partial charge in [0.05, 0.1) is 10.5 Å². The van der Waals surface area contributed by atoms with Crippen molar-refractivity contribution >= 4 is 21.5 Å². The second-order valence-corrected chi connectivity index (χ2v) is 9.22. The standard InChI is InChI=1S/C20H21N3O3S/c24-19-16-7-1-2-10-17(16)27(26,22-19)23-20(25)21-18-14-8-3-5-12(14)11-13-6-4-9-15(13)18/h1-2,7,10-11,20-21,25H,3-6,8-9H2,(H,22,23,24,26). The molecule has 0 saturated heterocycles. The molecule has 2 unspecified atom stereocenters. The highest BCUT2D eigenvalue weighted by Gasteiger charge is 2.32. The lowest BCUT2D eigenvalue weighted by molar-refractivity contribution is 0.0985. The Labute approximate surface area is 158 Å². The molecule has 3 aliphatic rings. The monoisotopic (exact) mass is 383 g/mol. The van der Waals surface area contributed by atoms with Crippen molar-refractivity contribution in [1.82, 2.24) is 4.72 Å². The summed E-state index contributed by atoms with van der Waals surface area (Å²) in [6.45, 7) is 0. The summed E-state index contributed by atoms with van der Waals surface area (Å²) in [6.07, 6.45) is 4.94. The Hall–Kier alpha value is -2.38. The molecule has 2 aromatic carbocycles. The fourth-order valence-electron chi connectivity index (χ4n) is 4.50. The lowest BCUT2D eigenvalue weighted by atomic mass is 9.99. The van der Waals surface area contributed by atoms with Crippen molar-refractivity contribution in [2.75, 3.05) is 5.32 Å². The van der Waals surface area contributed by atoms with Crippen LogP contribution < -0.4 is 10.0 Å². The van der Waals surface area contributed by atoms with Crippen molar-refractivity contribution in [2.24, 2.45) is 4.36 Å². The van der Waals surface area contributed by atoms with E-state index < -0.39 is 22.2 Å². The highest BCUT2D eigenvalue weighted by Crippen LogP contribution is 2.39. The minimum atomic E-state index is -3.20. The van der Waals surface area contributed by atoms with Crippen LogP contribution in [0.5, 0.6) is 0 Å². The molecule has 5 rings (SSSR count). The quantitative estimate of drug-likeness (QED) is 0.711. The van der Waals surface area contributed by atoms with Gasteiger partial charge in [-0.2, -0.15) is 4.36 Å². The number of nitrogens with one attached hydrogen (secondary N) is 2. The smallest absolute Gasteiger partial charge is 0.265 e. The van der Waals surface area contributed by atoms with E-state index in [2.05, 4.69) is 20.5 Å². The first-order valence-corrected chi connectivity index (χ1v) is 10.9. The number of aliphatic hydroxyl groups excluding tert-OH is 1. The predicted molar refractivity (Wildman–Crippen MR) is 103 cm³/mol. The molecule has 2 atom stereocenters. The van der Waals surface area contributed by atoms with E-state index in [1.807, 2.05) is 0 Å². The largest absolute Gasteiger partial charge is 0.355 e. The Morgan fingerprint density at radius 2 is 1.74 bits per heavy atom. The maximum Gasteiger partial charge on any atom is 0.265 e. The summed E-state index contributed by atoms with van der Waals surface area (Å²) in [5.74, 6) is -0.423. The molecule has 0 fully saturated rings. The molecule has 0 aromatic heterocycles. The first-order valence-electron chi connectivity index (χ1n) is 9.34. The average Bonchev–Trinajstić information content (AvgIpc) is 3.34. The number of amides is 1. The lowest BCUT2D eigenvalue weighted by Crippen LogP contribution is -2.26. The van der Waals surface area contributed by atoms with Crippen LogP contribution in [0.2, 0.25) is 0 Å². The molecule has 0 radical (unpaired) electrons. The molecule has 3 N–H and O–H groups in total. The van der Waals surface area contributed by atoms with E-state index in [9.17, 15) is 14.1 Å². The van der Waals surface area contributed by atoms with Gasteiger partial charge in [0.1, 0.15) is 0 Å². The van der Waals surface area contributed by atoms with Crippen LogP contribution >= 0.6 is 0 Å². The zero-order valence-electron chi connectivity index (χ0n) is 14.8. The Balaban J connectivity index is 1.53. The van der Waals surface area contributed by atoms with Crippen LogP contribution in [0.25, 0.3) is 0 Å². The third kappa shape index (κ3) is 2.64. The average molecular weight is 383 g/mol. The first kappa shape index (κ1) is 16.8. The molecule has 0 spiro atoms. The third-order valence-electron chi connectivity index (χ3n) is 5.66. The number of carbonyl (C=O) groups excluding carboxylic acids is 1. The van der Waals surface area contributed by atoms with Crippen molar-refractivity contribution in [3.63, 3.8) is 0 Å². The van der Waals surface area contributed by atoms with Crippen LogP contribution in [-0.2, 0) is 35.6 Å². The number of aryl methyl sites for hydroxylation is 2. The number of benzene rings is 2. The highest BCUT2D eigenvalue weighted by molar-refractivity contribution is 7.93. The fraction of sp³-hybridized carbons (Fsp3) is 0.350. The molecular formula is C20H21N3O3S. The molecule has 2 aromatic rings. The minimum absolute atomic E-state index is 0.333. The van der Waals surface area contributed by atoms with Crippen molar-refractivity contribution < 1.29 is 14.1 Å². The molecule has 0 bridgehead atoms. The number of hydrogen-bond acceptors (Lipinski definition) is 5. The summed E-state index contributed by atoms with van der Waals surface area (Å²) >= 11 is 0. The number of aliphatic hydroxyl groups is 1. The molecule has 1 heterocycles. The molecule has 140 valence electrons. The topological polar surface area (TPSA) is 90.8 Å². The molecule has 2 aliphatic carbocycles. The SMILES string of the molecule is O=C1NS(=O)(=NC(O)Nc2c3c(cc4c2CCC4)CCC3)c2ccccc21. The van der Waals surface area contributed by atoms with Crippen LogP contribution in [0.15, 0.2) is 39.6 Å². The van der Waals surface area contributed by atoms with Crippen LogP contribution in [0.1, 0.15) is 45.5 Å². The Morgan fingerprint density at radius 3 is 2.44 bits per heavy atom. The number of fused-ring (bicyclic) bond motifs is 3. The summed E-state index contributed by atoms with van der Waals surface area (Å²) in [5.41, 5.74) is 6.48. The normalized spacial score (nSPS) is 23.4. The van der Waals surface area contributed by atoms with E-state index in [1.165, 1.54) is 22.3 Å². The van der Waals surface area contributed by atoms with Gasteiger partial charge in [0.2, 0.25) is 6.35 Å². The van der Waals surface area contributed by atoms with Crippen LogP contribution in [0.4, 0.5) is 5.69 Å². The number of anilines is 1. The summed E-state index contributed by atoms with van der Waals surface area (Å²) in [4.78, 5) is 12.4. The first-order chi connectivity index (χ1) is 13.0. The molecule has 1 amide bonds. The highest BCUT2D eigenvalue weighted by atomic mass is 32.2. The Morgan fingerprint density at radius 1 is 1.07 bits per heavy atom. The number of rotatable bonds is 3. The summed E-state index contributed by atoms with van der Waals surface area (Å²) in [6, 6.07) is 8.97. The van der Waals surface area contributed by atoms with E-state index in [-0.39, 0.29) is 0 Å². The zero-order chi connectivity index (χ0) is 18.6. The van der Waals surface area contributed by atoms with Gasteiger partial charge in [0, 0.05) is 5.69 Å². The van der Waals surface area contributed by atoms with Gasteiger partial charge in [-0.25, -0.2) is 4.21 Å². The van der Waals surface area contributed by atoms with Gasteiger partial charge in [-0.1, -0.05) is 18.2 Å². The molecule has 6 nitrogen and oxygen atoms in total. The maximum absolute atomic E-state index is 13.2. The van der Waals surface area contributed by atoms with Gasteiger partial charge >= 0.3 is 0 Å². The van der Waals surface area contributed by atoms with E-state index in [0.29, 0.717) is 10.5 Å². The third-order valence-corrected chi connectivity index (χ3v) is 7.57. The molecule has 0 saturated carbocycles. The van der Waals surface area contributed by atoms with Crippen molar-refractivity contribution in [3.8, 4) is 0 Å². The van der Waals surface area contributed by atoms with Crippen molar-refractivity contribution in [1.29, 1.82) is 0 Å². The van der Waals surface area contributed by atoms with Crippen molar-refractivity contribution in [2.45, 2.75) is 49.8 Å². The van der Waals surface area contributed by atoms with Gasteiger partial charge in [0.25, 0.3) is 5.91 Å². The molecule has 27 heavy (non-hydrogen) atoms. The van der Waals surface area contributed by atoms with Crippen LogP contribution in [0, 0.1) is 0 Å². The van der Waals surface area contributed by atoms with Gasteiger partial charge in [-0.3, -0.25) is 9.52 Å². The van der Waals surface area contributed by atoms with Crippen molar-refractivity contribution in [3.05, 3.63) is 58.1 Å². The maximum atomic E-state index is 13.2.